The lowest BCUT2D eigenvalue weighted by molar-refractivity contribution is -0.143. The highest BCUT2D eigenvalue weighted by Crippen LogP contribution is 2.21. The molecule has 0 aromatic heterocycles. The molecule has 29 heavy (non-hydrogen) atoms. The van der Waals surface area contributed by atoms with Crippen molar-refractivity contribution in [2.45, 2.75) is 25.6 Å². The average Bonchev–Trinajstić information content (AvgIpc) is 3.07. The summed E-state index contributed by atoms with van der Waals surface area (Å²) in [6, 6.07) is 6.44. The van der Waals surface area contributed by atoms with Crippen molar-refractivity contribution in [2.24, 2.45) is 4.99 Å². The number of likely N-dealkylation sites (tertiary alicyclic amines) is 1. The summed E-state index contributed by atoms with van der Waals surface area (Å²) in [5.74, 6) is 0.514. The van der Waals surface area contributed by atoms with E-state index in [-0.39, 0.29) is 35.8 Å². The van der Waals surface area contributed by atoms with Gasteiger partial charge in [0.15, 0.2) is 5.96 Å². The Kier molecular flexibility index (Phi) is 8.80. The molecule has 5 nitrogen and oxygen atoms in total. The summed E-state index contributed by atoms with van der Waals surface area (Å²) in [5, 5.41) is 3.36. The van der Waals surface area contributed by atoms with E-state index in [1.54, 1.807) is 12.1 Å². The maximum Gasteiger partial charge on any atom is 0.401 e. The van der Waals surface area contributed by atoms with Crippen molar-refractivity contribution >= 4 is 35.6 Å². The van der Waals surface area contributed by atoms with E-state index in [4.69, 9.17) is 0 Å². The Hall–Kier alpha value is -1.30. The Balaban J connectivity index is 0.00000300. The minimum absolute atomic E-state index is 0. The zero-order valence-electron chi connectivity index (χ0n) is 16.5. The SMILES string of the molecule is CCN=C(NC1CCN(CC(F)(F)F)C1)N1CCN(c2ccc(F)cc2)CC1.I. The van der Waals surface area contributed by atoms with Crippen LogP contribution >= 0.6 is 24.0 Å². The molecule has 0 amide bonds. The highest BCUT2D eigenvalue weighted by Gasteiger charge is 2.35. The van der Waals surface area contributed by atoms with Crippen LogP contribution in [0.15, 0.2) is 29.3 Å². The molecule has 1 unspecified atom stereocenters. The van der Waals surface area contributed by atoms with E-state index >= 15 is 0 Å². The van der Waals surface area contributed by atoms with Gasteiger partial charge < -0.3 is 15.1 Å². The van der Waals surface area contributed by atoms with Gasteiger partial charge in [-0.15, -0.1) is 24.0 Å². The first-order valence-electron chi connectivity index (χ1n) is 9.69. The highest BCUT2D eigenvalue weighted by atomic mass is 127. The number of halogens is 5. The van der Waals surface area contributed by atoms with Gasteiger partial charge in [0.1, 0.15) is 5.82 Å². The van der Waals surface area contributed by atoms with Crippen LogP contribution < -0.4 is 10.2 Å². The molecule has 2 heterocycles. The van der Waals surface area contributed by atoms with Crippen molar-refractivity contribution in [3.05, 3.63) is 30.1 Å². The second kappa shape index (κ2) is 10.6. The van der Waals surface area contributed by atoms with Crippen molar-refractivity contribution in [2.75, 3.05) is 57.3 Å². The van der Waals surface area contributed by atoms with Gasteiger partial charge in [-0.1, -0.05) is 0 Å². The van der Waals surface area contributed by atoms with E-state index < -0.39 is 12.7 Å². The number of hydrogen-bond acceptors (Lipinski definition) is 3. The minimum Gasteiger partial charge on any atom is -0.368 e. The number of hydrogen-bond donors (Lipinski definition) is 1. The fourth-order valence-corrected chi connectivity index (χ4v) is 3.75. The lowest BCUT2D eigenvalue weighted by Gasteiger charge is -2.38. The van der Waals surface area contributed by atoms with E-state index in [1.165, 1.54) is 17.0 Å². The summed E-state index contributed by atoms with van der Waals surface area (Å²) >= 11 is 0. The molecule has 0 radical (unpaired) electrons. The summed E-state index contributed by atoms with van der Waals surface area (Å²) in [6.07, 6.45) is -3.49. The topological polar surface area (TPSA) is 34.1 Å². The number of nitrogens with zero attached hydrogens (tertiary/aromatic N) is 4. The Morgan fingerprint density at radius 1 is 1.10 bits per heavy atom. The third-order valence-electron chi connectivity index (χ3n) is 5.09. The van der Waals surface area contributed by atoms with Gasteiger partial charge in [0, 0.05) is 57.5 Å². The van der Waals surface area contributed by atoms with Gasteiger partial charge in [0.2, 0.25) is 0 Å². The fourth-order valence-electron chi connectivity index (χ4n) is 3.75. The Labute approximate surface area is 186 Å². The molecule has 1 aromatic carbocycles. The molecule has 0 aliphatic carbocycles. The van der Waals surface area contributed by atoms with E-state index in [1.807, 2.05) is 6.92 Å². The van der Waals surface area contributed by atoms with E-state index in [9.17, 15) is 17.6 Å². The van der Waals surface area contributed by atoms with Gasteiger partial charge in [0.25, 0.3) is 0 Å². The van der Waals surface area contributed by atoms with E-state index in [0.717, 1.165) is 37.8 Å². The zero-order chi connectivity index (χ0) is 20.1. The van der Waals surface area contributed by atoms with Gasteiger partial charge in [0.05, 0.1) is 6.54 Å². The Bertz CT molecular complexity index is 660. The van der Waals surface area contributed by atoms with Crippen molar-refractivity contribution in [1.82, 2.24) is 15.1 Å². The van der Waals surface area contributed by atoms with Crippen LogP contribution in [0, 0.1) is 5.82 Å². The lowest BCUT2D eigenvalue weighted by Crippen LogP contribution is -2.54. The number of aliphatic imine (C=N–C) groups is 1. The molecule has 10 heteroatoms. The maximum absolute atomic E-state index is 13.1. The number of nitrogens with one attached hydrogen (secondary N) is 1. The molecule has 1 aromatic rings. The number of piperazine rings is 1. The van der Waals surface area contributed by atoms with Crippen molar-refractivity contribution in [1.29, 1.82) is 0 Å². The van der Waals surface area contributed by atoms with Gasteiger partial charge in [-0.25, -0.2) is 4.39 Å². The highest BCUT2D eigenvalue weighted by molar-refractivity contribution is 14.0. The average molecular weight is 529 g/mol. The van der Waals surface area contributed by atoms with Gasteiger partial charge in [-0.2, -0.15) is 13.2 Å². The Morgan fingerprint density at radius 3 is 2.34 bits per heavy atom. The zero-order valence-corrected chi connectivity index (χ0v) is 18.8. The second-order valence-corrected chi connectivity index (χ2v) is 7.23. The normalized spacial score (nSPS) is 21.3. The quantitative estimate of drug-likeness (QED) is 0.282. The Morgan fingerprint density at radius 2 is 1.76 bits per heavy atom. The van der Waals surface area contributed by atoms with Crippen molar-refractivity contribution in [3.8, 4) is 0 Å². The molecule has 2 fully saturated rings. The molecule has 0 saturated carbocycles. The van der Waals surface area contributed by atoms with E-state index in [0.29, 0.717) is 26.1 Å². The van der Waals surface area contributed by atoms with Gasteiger partial charge in [-0.05, 0) is 37.6 Å². The standard InChI is InChI=1S/C19H27F4N5.HI/c1-2-24-18(25-16-7-8-26(13-16)14-19(21,22)23)28-11-9-27(10-12-28)17-5-3-15(20)4-6-17;/h3-6,16H,2,7-14H2,1H3,(H,24,25);1H. The molecular weight excluding hydrogens is 501 g/mol. The summed E-state index contributed by atoms with van der Waals surface area (Å²) in [5.41, 5.74) is 0.988. The number of anilines is 1. The first kappa shape index (κ1) is 24.0. The monoisotopic (exact) mass is 529 g/mol. The number of benzene rings is 1. The van der Waals surface area contributed by atoms with Crippen LogP contribution in [0.5, 0.6) is 0 Å². The predicted octanol–water partition coefficient (Wildman–Crippen LogP) is 3.17. The smallest absolute Gasteiger partial charge is 0.368 e. The maximum atomic E-state index is 13.1. The third-order valence-corrected chi connectivity index (χ3v) is 5.09. The lowest BCUT2D eigenvalue weighted by atomic mass is 10.2. The summed E-state index contributed by atoms with van der Waals surface area (Å²) in [6.45, 7) is 5.57. The van der Waals surface area contributed by atoms with Crippen LogP contribution in [0.3, 0.4) is 0 Å². The van der Waals surface area contributed by atoms with Crippen LogP contribution in [0.1, 0.15) is 13.3 Å². The van der Waals surface area contributed by atoms with Crippen LogP contribution in [0.25, 0.3) is 0 Å². The summed E-state index contributed by atoms with van der Waals surface area (Å²) in [4.78, 5) is 10.3. The van der Waals surface area contributed by atoms with Gasteiger partial charge in [-0.3, -0.25) is 9.89 Å². The summed E-state index contributed by atoms with van der Waals surface area (Å²) < 4.78 is 50.9. The number of rotatable bonds is 4. The molecule has 3 rings (SSSR count). The molecular formula is C19H28F4IN5. The van der Waals surface area contributed by atoms with E-state index in [2.05, 4.69) is 20.1 Å². The summed E-state index contributed by atoms with van der Waals surface area (Å²) in [7, 11) is 0. The first-order valence-corrected chi connectivity index (χ1v) is 9.69. The fraction of sp³-hybridized carbons (Fsp3) is 0.632. The molecule has 1 atom stereocenters. The van der Waals surface area contributed by atoms with Crippen LogP contribution in [0.2, 0.25) is 0 Å². The molecule has 2 saturated heterocycles. The predicted molar refractivity (Wildman–Crippen MR) is 118 cm³/mol. The minimum atomic E-state index is -4.16. The second-order valence-electron chi connectivity index (χ2n) is 7.23. The van der Waals surface area contributed by atoms with Crippen LogP contribution in [-0.4, -0.2) is 80.3 Å². The van der Waals surface area contributed by atoms with Crippen LogP contribution in [0.4, 0.5) is 23.2 Å². The molecule has 1 N–H and O–H groups in total. The molecule has 2 aliphatic rings. The molecule has 0 bridgehead atoms. The number of guanidine groups is 1. The third kappa shape index (κ3) is 7.16. The van der Waals surface area contributed by atoms with Crippen molar-refractivity contribution in [3.63, 3.8) is 0 Å². The molecule has 164 valence electrons. The van der Waals surface area contributed by atoms with Crippen LogP contribution in [-0.2, 0) is 0 Å². The molecule has 2 aliphatic heterocycles. The van der Waals surface area contributed by atoms with Crippen molar-refractivity contribution < 1.29 is 17.6 Å². The number of alkyl halides is 3. The molecule has 0 spiro atoms. The van der Waals surface area contributed by atoms with Gasteiger partial charge >= 0.3 is 6.18 Å². The largest absolute Gasteiger partial charge is 0.401 e. The first-order chi connectivity index (χ1) is 13.3.